The van der Waals surface area contributed by atoms with Gasteiger partial charge in [0.15, 0.2) is 6.10 Å². The molecule has 0 aromatic rings. The molecule has 0 saturated heterocycles. The summed E-state index contributed by atoms with van der Waals surface area (Å²) in [5, 5.41) is 0. The molecule has 0 aliphatic rings. The van der Waals surface area contributed by atoms with Gasteiger partial charge in [-0.05, 0) is 128 Å². The van der Waals surface area contributed by atoms with Crippen LogP contribution in [0.3, 0.4) is 0 Å². The normalized spacial score (nSPS) is 13.1. The lowest BCUT2D eigenvalue weighted by Crippen LogP contribution is -2.30. The zero-order valence-corrected chi connectivity index (χ0v) is 46.4. The van der Waals surface area contributed by atoms with Gasteiger partial charge < -0.3 is 14.2 Å². The summed E-state index contributed by atoms with van der Waals surface area (Å²) < 4.78 is 16.8. The molecule has 0 spiro atoms. The molecule has 406 valence electrons. The topological polar surface area (TPSA) is 78.9 Å². The number of carbonyl (C=O) groups excluding carboxylic acids is 3. The third kappa shape index (κ3) is 56.5. The van der Waals surface area contributed by atoms with Crippen LogP contribution in [0.5, 0.6) is 0 Å². The highest BCUT2D eigenvalue weighted by atomic mass is 16.6. The van der Waals surface area contributed by atoms with Crippen molar-refractivity contribution in [2.45, 2.75) is 252 Å². The molecule has 0 radical (unpaired) electrons. The molecular weight excluding hydrogens is 889 g/mol. The van der Waals surface area contributed by atoms with E-state index >= 15 is 0 Å². The third-order valence-corrected chi connectivity index (χ3v) is 11.9. The number of rotatable bonds is 51. The fourth-order valence-corrected chi connectivity index (χ4v) is 7.56. The van der Waals surface area contributed by atoms with Gasteiger partial charge in [0, 0.05) is 19.3 Å². The van der Waals surface area contributed by atoms with Gasteiger partial charge in [-0.25, -0.2) is 0 Å². The van der Waals surface area contributed by atoms with Crippen LogP contribution in [-0.2, 0) is 28.6 Å². The monoisotopic (exact) mass is 995 g/mol. The fraction of sp³-hybridized carbons (Fsp3) is 0.621. The molecule has 0 aliphatic carbocycles. The van der Waals surface area contributed by atoms with Gasteiger partial charge in [-0.2, -0.15) is 0 Å². The molecule has 1 unspecified atom stereocenters. The Kier molecular flexibility index (Phi) is 55.5. The molecule has 1 atom stereocenters. The first kappa shape index (κ1) is 67.5. The molecule has 6 nitrogen and oxygen atoms in total. The minimum Gasteiger partial charge on any atom is -0.462 e. The number of hydrogen-bond donors (Lipinski definition) is 0. The highest BCUT2D eigenvalue weighted by molar-refractivity contribution is 5.71. The van der Waals surface area contributed by atoms with Gasteiger partial charge in [0.05, 0.1) is 0 Å². The van der Waals surface area contributed by atoms with E-state index in [9.17, 15) is 14.4 Å². The summed E-state index contributed by atoms with van der Waals surface area (Å²) in [6.45, 7) is 6.29. The average molecular weight is 996 g/mol. The Balaban J connectivity index is 4.28. The molecule has 0 heterocycles. The second kappa shape index (κ2) is 59.1. The molecular formula is C66H106O6. The quantitative estimate of drug-likeness (QED) is 0.0261. The Morgan fingerprint density at radius 1 is 0.292 bits per heavy atom. The van der Waals surface area contributed by atoms with Crippen LogP contribution in [0.1, 0.15) is 245 Å². The summed E-state index contributed by atoms with van der Waals surface area (Å²) in [5.74, 6) is -0.965. The molecule has 0 fully saturated rings. The van der Waals surface area contributed by atoms with E-state index in [2.05, 4.69) is 154 Å². The molecule has 0 bridgehead atoms. The smallest absolute Gasteiger partial charge is 0.306 e. The highest BCUT2D eigenvalue weighted by Gasteiger charge is 2.19. The summed E-state index contributed by atoms with van der Waals surface area (Å²) in [7, 11) is 0. The van der Waals surface area contributed by atoms with E-state index in [1.54, 1.807) is 0 Å². The first-order valence-electron chi connectivity index (χ1n) is 29.2. The van der Waals surface area contributed by atoms with E-state index in [4.69, 9.17) is 14.2 Å². The van der Waals surface area contributed by atoms with Gasteiger partial charge in [-0.15, -0.1) is 0 Å². The summed E-state index contributed by atoms with van der Waals surface area (Å²) in [6.07, 6.45) is 83.2. The molecule has 0 aromatic carbocycles. The van der Waals surface area contributed by atoms with E-state index in [-0.39, 0.29) is 37.5 Å². The van der Waals surface area contributed by atoms with Gasteiger partial charge in [-0.3, -0.25) is 14.4 Å². The molecule has 0 aromatic heterocycles. The minimum atomic E-state index is -0.808. The van der Waals surface area contributed by atoms with E-state index in [1.807, 2.05) is 0 Å². The van der Waals surface area contributed by atoms with Crippen molar-refractivity contribution >= 4 is 17.9 Å². The fourth-order valence-electron chi connectivity index (χ4n) is 7.56. The molecule has 0 N–H and O–H groups in total. The molecule has 72 heavy (non-hydrogen) atoms. The van der Waals surface area contributed by atoms with Crippen LogP contribution < -0.4 is 0 Å². The van der Waals surface area contributed by atoms with Crippen molar-refractivity contribution in [2.75, 3.05) is 13.2 Å². The van der Waals surface area contributed by atoms with Crippen molar-refractivity contribution in [3.05, 3.63) is 134 Å². The van der Waals surface area contributed by atoms with E-state index in [0.29, 0.717) is 19.3 Å². The second-order valence-electron chi connectivity index (χ2n) is 18.8. The summed E-state index contributed by atoms with van der Waals surface area (Å²) in [4.78, 5) is 38.0. The number of carbonyl (C=O) groups is 3. The Morgan fingerprint density at radius 3 is 0.889 bits per heavy atom. The number of allylic oxidation sites excluding steroid dienone is 22. The lowest BCUT2D eigenvalue weighted by molar-refractivity contribution is -0.167. The summed E-state index contributed by atoms with van der Waals surface area (Å²) >= 11 is 0. The van der Waals surface area contributed by atoms with Crippen molar-refractivity contribution in [1.29, 1.82) is 0 Å². The lowest BCUT2D eigenvalue weighted by atomic mass is 10.1. The van der Waals surface area contributed by atoms with Crippen LogP contribution in [0.2, 0.25) is 0 Å². The Hall–Kier alpha value is -4.45. The number of unbranched alkanes of at least 4 members (excludes halogenated alkanes) is 18. The first-order valence-corrected chi connectivity index (χ1v) is 29.2. The van der Waals surface area contributed by atoms with E-state index < -0.39 is 6.10 Å². The highest BCUT2D eigenvalue weighted by Crippen LogP contribution is 2.14. The van der Waals surface area contributed by atoms with Crippen LogP contribution in [0.4, 0.5) is 0 Å². The van der Waals surface area contributed by atoms with Crippen LogP contribution >= 0.6 is 0 Å². The molecule has 0 aliphatic heterocycles. The maximum Gasteiger partial charge on any atom is 0.306 e. The second-order valence-corrected chi connectivity index (χ2v) is 18.8. The summed E-state index contributed by atoms with van der Waals surface area (Å²) in [6, 6.07) is 0. The van der Waals surface area contributed by atoms with Gasteiger partial charge >= 0.3 is 17.9 Å². The number of ether oxygens (including phenoxy) is 3. The third-order valence-electron chi connectivity index (χ3n) is 11.9. The number of hydrogen-bond acceptors (Lipinski definition) is 6. The standard InChI is InChI=1S/C66H106O6/c1-4-7-10-13-16-19-22-24-26-27-28-29-30-31-32-33-34-35-36-37-38-39-41-42-44-47-50-53-56-59-65(68)71-62-63(61-70-64(67)58-55-52-49-46-21-18-15-12-9-6-3)72-66(69)60-57-54-51-48-45-43-40-25-23-20-17-14-11-8-5-2/h7-8,10-12,15-17,19-20,24-26,28-29,31-32,34-35,40,45,48,63H,4-6,9,13-14,18,21-23,27,30,33,36-39,41-44,46-47,49-62H2,1-3H3/b10-7-,11-8-,15-12-,19-16-,20-17-,26-24-,29-28-,32-31-,35-34-,40-25-,48-45-. The van der Waals surface area contributed by atoms with Crippen LogP contribution in [-0.4, -0.2) is 37.2 Å². The van der Waals surface area contributed by atoms with Crippen molar-refractivity contribution in [3.63, 3.8) is 0 Å². The lowest BCUT2D eigenvalue weighted by Gasteiger charge is -2.18. The van der Waals surface area contributed by atoms with Crippen molar-refractivity contribution in [1.82, 2.24) is 0 Å². The van der Waals surface area contributed by atoms with E-state index in [0.717, 1.165) is 135 Å². The van der Waals surface area contributed by atoms with Gasteiger partial charge in [0.2, 0.25) is 0 Å². The largest absolute Gasteiger partial charge is 0.462 e. The van der Waals surface area contributed by atoms with Crippen LogP contribution in [0.25, 0.3) is 0 Å². The Morgan fingerprint density at radius 2 is 0.542 bits per heavy atom. The molecule has 0 rings (SSSR count). The predicted octanol–water partition coefficient (Wildman–Crippen LogP) is 19.8. The first-order chi connectivity index (χ1) is 35.5. The zero-order valence-electron chi connectivity index (χ0n) is 46.4. The molecule has 0 saturated carbocycles. The Labute approximate surface area is 443 Å². The molecule has 6 heteroatoms. The van der Waals surface area contributed by atoms with Gasteiger partial charge in [0.1, 0.15) is 13.2 Å². The van der Waals surface area contributed by atoms with Crippen LogP contribution in [0.15, 0.2) is 134 Å². The number of esters is 3. The van der Waals surface area contributed by atoms with Gasteiger partial charge in [-0.1, -0.05) is 231 Å². The van der Waals surface area contributed by atoms with Crippen molar-refractivity contribution in [2.24, 2.45) is 0 Å². The predicted molar refractivity (Wildman–Crippen MR) is 311 cm³/mol. The van der Waals surface area contributed by atoms with E-state index in [1.165, 1.54) is 64.2 Å². The summed E-state index contributed by atoms with van der Waals surface area (Å²) in [5.41, 5.74) is 0. The van der Waals surface area contributed by atoms with Crippen molar-refractivity contribution in [3.8, 4) is 0 Å². The Bertz CT molecular complexity index is 1560. The molecule has 0 amide bonds. The zero-order chi connectivity index (χ0) is 52.2. The SMILES string of the molecule is CC/C=C\C/C=C\C/C=C\C/C=C\C/C=C\C/C=C\CCCCCCCCCCCCC(=O)OCC(COC(=O)CCCCCCC/C=C\CCC)OC(=O)CCCC/C=C\C/C=C\C/C=C\C/C=C\CC. The minimum absolute atomic E-state index is 0.103. The van der Waals surface area contributed by atoms with Crippen molar-refractivity contribution < 1.29 is 28.6 Å². The maximum atomic E-state index is 12.8. The average Bonchev–Trinajstić information content (AvgIpc) is 3.38. The van der Waals surface area contributed by atoms with Crippen LogP contribution in [0, 0.1) is 0 Å². The maximum absolute atomic E-state index is 12.8. The van der Waals surface area contributed by atoms with Gasteiger partial charge in [0.25, 0.3) is 0 Å².